The molecule has 2 nitrogen and oxygen atoms in total. The molecule has 0 heterocycles. The summed E-state index contributed by atoms with van der Waals surface area (Å²) in [5, 5.41) is 0. The fourth-order valence-corrected chi connectivity index (χ4v) is 0.802. The van der Waals surface area contributed by atoms with Crippen LogP contribution >= 0.6 is 21.4 Å². The Hall–Kier alpha value is 0.0600. The third kappa shape index (κ3) is 4.23. The van der Waals surface area contributed by atoms with Crippen molar-refractivity contribution in [1.29, 1.82) is 0 Å². The molecule has 0 aliphatic carbocycles. The van der Waals surface area contributed by atoms with Gasteiger partial charge < -0.3 is 0 Å². The van der Waals surface area contributed by atoms with Crippen molar-refractivity contribution in [2.24, 2.45) is 0 Å². The second kappa shape index (κ2) is 3.99. The number of hydrogen-bond donors (Lipinski definition) is 0. The van der Waals surface area contributed by atoms with Crippen molar-refractivity contribution in [3.05, 3.63) is 0 Å². The van der Waals surface area contributed by atoms with Gasteiger partial charge in [-0.1, -0.05) is 0 Å². The van der Waals surface area contributed by atoms with E-state index in [1.807, 2.05) is 0 Å². The van der Waals surface area contributed by atoms with Crippen molar-refractivity contribution in [1.82, 2.24) is 0 Å². The first-order valence-electron chi connectivity index (χ1n) is 1.91. The quantitative estimate of drug-likeness (QED) is 0.688. The van der Waals surface area contributed by atoms with E-state index in [9.17, 15) is 10.5 Å². The average molecular weight is 238 g/mol. The minimum absolute atomic E-state index is 0.0296. The predicted octanol–water partition coefficient (Wildman–Crippen LogP) is 2.13. The molecule has 0 bridgehead atoms. The van der Waals surface area contributed by atoms with E-state index < -0.39 is 27.4 Å². The third-order valence-corrected chi connectivity index (χ3v) is 1.26. The molecule has 50 valence electrons. The third-order valence-electron chi connectivity index (χ3n) is 0.433. The molecule has 0 atom stereocenters. The monoisotopic (exact) mass is 238 g/mol. The van der Waals surface area contributed by atoms with Gasteiger partial charge in [-0.2, -0.15) is 0 Å². The molecule has 0 aromatic heterocycles. The zero-order chi connectivity index (χ0) is 6.57. The van der Waals surface area contributed by atoms with E-state index >= 15 is 0 Å². The number of carbonyl (C=O) groups excluding carboxylic acids is 1. The number of halogens is 3. The summed E-state index contributed by atoms with van der Waals surface area (Å²) in [6.07, 6.45) is 0.0296. The topological polar surface area (TPSA) is 26.3 Å². The first-order valence-corrected chi connectivity index (χ1v) is 4.42. The van der Waals surface area contributed by atoms with E-state index in [0.29, 0.717) is 0 Å². The SMILES string of the molecule is CCC(=O)OI(F)F. The molecule has 0 spiro atoms. The predicted molar refractivity (Wildman–Crippen MR) is 32.6 cm³/mol. The Labute approximate surface area is 54.7 Å². The molecule has 0 N–H and O–H groups in total. The molecule has 0 aliphatic heterocycles. The van der Waals surface area contributed by atoms with Crippen molar-refractivity contribution in [3.63, 3.8) is 0 Å². The summed E-state index contributed by atoms with van der Waals surface area (Å²) in [5.41, 5.74) is 0. The summed E-state index contributed by atoms with van der Waals surface area (Å²) >= 11 is -4.24. The molecule has 0 fully saturated rings. The van der Waals surface area contributed by atoms with Gasteiger partial charge >= 0.3 is 54.3 Å². The zero-order valence-corrected chi connectivity index (χ0v) is 6.31. The molecule has 0 saturated carbocycles. The van der Waals surface area contributed by atoms with Crippen LogP contribution in [-0.2, 0) is 7.86 Å². The Bertz CT molecular complexity index is 85.4. The summed E-state index contributed by atoms with van der Waals surface area (Å²) in [6.45, 7) is 1.47. The molecule has 0 aliphatic rings. The van der Waals surface area contributed by atoms with Crippen LogP contribution in [0, 0.1) is 0 Å². The Morgan fingerprint density at radius 3 is 2.38 bits per heavy atom. The van der Waals surface area contributed by atoms with Gasteiger partial charge in [-0.15, -0.1) is 0 Å². The van der Waals surface area contributed by atoms with Crippen LogP contribution in [0.2, 0.25) is 0 Å². The van der Waals surface area contributed by atoms with Crippen LogP contribution in [0.25, 0.3) is 0 Å². The van der Waals surface area contributed by atoms with Gasteiger partial charge in [0.2, 0.25) is 0 Å². The van der Waals surface area contributed by atoms with Gasteiger partial charge in [0.15, 0.2) is 0 Å². The summed E-state index contributed by atoms with van der Waals surface area (Å²) in [6, 6.07) is 0. The molecule has 0 rings (SSSR count). The minimum atomic E-state index is -4.24. The van der Waals surface area contributed by atoms with Crippen LogP contribution in [-0.4, -0.2) is 5.97 Å². The maximum absolute atomic E-state index is 11.2. The molecule has 0 amide bonds. The van der Waals surface area contributed by atoms with Gasteiger partial charge in [-0.3, -0.25) is 0 Å². The molecule has 8 heavy (non-hydrogen) atoms. The van der Waals surface area contributed by atoms with Gasteiger partial charge in [-0.25, -0.2) is 0 Å². The van der Waals surface area contributed by atoms with E-state index in [4.69, 9.17) is 0 Å². The first-order chi connectivity index (χ1) is 3.66. The summed E-state index contributed by atoms with van der Waals surface area (Å²) in [7, 11) is 0. The van der Waals surface area contributed by atoms with Gasteiger partial charge in [0.25, 0.3) is 0 Å². The molecule has 0 radical (unpaired) electrons. The Kier molecular flexibility index (Phi) is 4.02. The number of hydrogen-bond acceptors (Lipinski definition) is 2. The van der Waals surface area contributed by atoms with Crippen LogP contribution in [0.4, 0.5) is 5.72 Å². The zero-order valence-electron chi connectivity index (χ0n) is 4.16. The van der Waals surface area contributed by atoms with E-state index in [0.717, 1.165) is 0 Å². The molecule has 5 heteroatoms. The normalized spacial score (nSPS) is 10.6. The molecule has 0 aromatic rings. The summed E-state index contributed by atoms with van der Waals surface area (Å²) in [5.74, 6) is -0.805. The second-order valence-electron chi connectivity index (χ2n) is 0.973. The Morgan fingerprint density at radius 1 is 1.75 bits per heavy atom. The van der Waals surface area contributed by atoms with E-state index in [1.54, 1.807) is 0 Å². The summed E-state index contributed by atoms with van der Waals surface area (Å²) in [4.78, 5) is 9.96. The van der Waals surface area contributed by atoms with Gasteiger partial charge in [0, 0.05) is 0 Å². The maximum atomic E-state index is 11.2. The molecule has 0 aromatic carbocycles. The molecule has 0 saturated heterocycles. The number of rotatable bonds is 2. The Morgan fingerprint density at radius 2 is 2.25 bits per heavy atom. The molecular weight excluding hydrogens is 233 g/mol. The van der Waals surface area contributed by atoms with Gasteiger partial charge in [0.1, 0.15) is 0 Å². The molecule has 0 unspecified atom stereocenters. The van der Waals surface area contributed by atoms with Crippen LogP contribution in [0.5, 0.6) is 0 Å². The van der Waals surface area contributed by atoms with E-state index in [1.165, 1.54) is 6.92 Å². The van der Waals surface area contributed by atoms with Crippen LogP contribution in [0.15, 0.2) is 0 Å². The Balaban J connectivity index is 3.25. The van der Waals surface area contributed by atoms with Crippen molar-refractivity contribution in [3.8, 4) is 0 Å². The number of carbonyl (C=O) groups is 1. The van der Waals surface area contributed by atoms with Crippen molar-refractivity contribution < 1.29 is 13.6 Å². The van der Waals surface area contributed by atoms with E-state index in [-0.39, 0.29) is 6.42 Å². The fraction of sp³-hybridized carbons (Fsp3) is 0.667. The first kappa shape index (κ1) is 8.06. The van der Waals surface area contributed by atoms with Crippen molar-refractivity contribution in [2.45, 2.75) is 13.3 Å². The fourth-order valence-electron chi connectivity index (χ4n) is 0.120. The van der Waals surface area contributed by atoms with Gasteiger partial charge in [0.05, 0.1) is 0 Å². The average Bonchev–Trinajstić information content (AvgIpc) is 1.65. The van der Waals surface area contributed by atoms with Gasteiger partial charge in [-0.05, 0) is 0 Å². The second-order valence-corrected chi connectivity index (χ2v) is 2.39. The van der Waals surface area contributed by atoms with Crippen molar-refractivity contribution >= 4 is 27.4 Å². The van der Waals surface area contributed by atoms with Crippen LogP contribution in [0.3, 0.4) is 0 Å². The molecular formula is C3H5F2IO2. The van der Waals surface area contributed by atoms with Crippen LogP contribution in [0.1, 0.15) is 13.3 Å². The standard InChI is InChI=1S/C3H5F2IO2/c1-2-3(7)8-6(4)5/h2H2,1H3. The summed E-state index contributed by atoms with van der Waals surface area (Å²) < 4.78 is 26.0. The van der Waals surface area contributed by atoms with Crippen molar-refractivity contribution in [2.75, 3.05) is 0 Å². The van der Waals surface area contributed by atoms with E-state index in [2.05, 4.69) is 3.07 Å². The van der Waals surface area contributed by atoms with Crippen LogP contribution < -0.4 is 0 Å².